The molecule has 3 aromatic rings. The van der Waals surface area contributed by atoms with Crippen molar-refractivity contribution in [2.24, 2.45) is 5.92 Å². The molecule has 1 fully saturated rings. The summed E-state index contributed by atoms with van der Waals surface area (Å²) >= 11 is 0. The number of carbonyl (C=O) groups is 1. The minimum Gasteiger partial charge on any atom is -0.357 e. The molecule has 1 unspecified atom stereocenters. The average molecular weight is 378 g/mol. The maximum atomic E-state index is 12.1. The van der Waals surface area contributed by atoms with E-state index in [1.807, 2.05) is 6.92 Å². The van der Waals surface area contributed by atoms with E-state index in [0.29, 0.717) is 0 Å². The first kappa shape index (κ1) is 17.4. The number of hydrogen-bond acceptors (Lipinski definition) is 4. The van der Waals surface area contributed by atoms with Crippen molar-refractivity contribution < 1.29 is 4.79 Å². The molecule has 2 aliphatic rings. The van der Waals surface area contributed by atoms with Crippen LogP contribution in [0.3, 0.4) is 0 Å². The number of benzene rings is 1. The summed E-state index contributed by atoms with van der Waals surface area (Å²) in [6, 6.07) is 10.5. The van der Waals surface area contributed by atoms with Crippen molar-refractivity contribution in [2.45, 2.75) is 45.3 Å². The van der Waals surface area contributed by atoms with E-state index >= 15 is 0 Å². The van der Waals surface area contributed by atoms with Crippen molar-refractivity contribution in [1.82, 2.24) is 30.0 Å². The standard InChI is InChI=1S/C21H26N6O/c1-14(22-21(28)15-6-7-15)20-25-24-19-8-9-26(10-11-27(19)20)13-17-12-16-4-2-3-5-18(16)23-17/h2-5,12,14-15,23H,6-11,13H2,1H3,(H,22,28). The second-order valence-corrected chi connectivity index (χ2v) is 8.04. The number of rotatable bonds is 5. The van der Waals surface area contributed by atoms with Crippen LogP contribution in [0.1, 0.15) is 43.1 Å². The van der Waals surface area contributed by atoms with Gasteiger partial charge in [0, 0.05) is 49.7 Å². The van der Waals surface area contributed by atoms with Crippen LogP contribution in [0.5, 0.6) is 0 Å². The molecule has 2 aromatic heterocycles. The largest absolute Gasteiger partial charge is 0.357 e. The van der Waals surface area contributed by atoms with Crippen LogP contribution in [0.15, 0.2) is 30.3 Å². The summed E-state index contributed by atoms with van der Waals surface area (Å²) in [5.41, 5.74) is 2.43. The Hall–Kier alpha value is -2.67. The van der Waals surface area contributed by atoms with Gasteiger partial charge in [-0.3, -0.25) is 9.69 Å². The lowest BCUT2D eigenvalue weighted by atomic mass is 10.2. The molecule has 3 heterocycles. The molecule has 28 heavy (non-hydrogen) atoms. The monoisotopic (exact) mass is 378 g/mol. The van der Waals surface area contributed by atoms with Gasteiger partial charge in [0.2, 0.25) is 5.91 Å². The van der Waals surface area contributed by atoms with Gasteiger partial charge in [-0.05, 0) is 37.3 Å². The van der Waals surface area contributed by atoms with E-state index in [-0.39, 0.29) is 17.9 Å². The first-order valence-corrected chi connectivity index (χ1v) is 10.2. The number of fused-ring (bicyclic) bond motifs is 2. The van der Waals surface area contributed by atoms with E-state index < -0.39 is 0 Å². The van der Waals surface area contributed by atoms with Crippen molar-refractivity contribution in [3.63, 3.8) is 0 Å². The van der Waals surface area contributed by atoms with Crippen LogP contribution < -0.4 is 5.32 Å². The quantitative estimate of drug-likeness (QED) is 0.715. The summed E-state index contributed by atoms with van der Waals surface area (Å²) in [7, 11) is 0. The van der Waals surface area contributed by atoms with Gasteiger partial charge in [-0.1, -0.05) is 18.2 Å². The van der Waals surface area contributed by atoms with Crippen LogP contribution in [0.2, 0.25) is 0 Å². The third kappa shape index (κ3) is 3.42. The number of nitrogens with one attached hydrogen (secondary N) is 2. The average Bonchev–Trinajstić information content (AvgIpc) is 3.39. The molecule has 0 radical (unpaired) electrons. The highest BCUT2D eigenvalue weighted by Gasteiger charge is 2.31. The summed E-state index contributed by atoms with van der Waals surface area (Å²) in [5, 5.41) is 13.1. The van der Waals surface area contributed by atoms with Crippen LogP contribution in [0.4, 0.5) is 0 Å². The van der Waals surface area contributed by atoms with E-state index in [1.54, 1.807) is 0 Å². The highest BCUT2D eigenvalue weighted by Crippen LogP contribution is 2.29. The number of carbonyl (C=O) groups excluding carboxylic acids is 1. The molecule has 146 valence electrons. The Morgan fingerprint density at radius 2 is 2.11 bits per heavy atom. The molecule has 7 heteroatoms. The van der Waals surface area contributed by atoms with Crippen LogP contribution >= 0.6 is 0 Å². The SMILES string of the molecule is CC(NC(=O)C1CC1)c1nnc2n1CCN(Cc1cc3ccccc3[nH]1)CC2. The van der Waals surface area contributed by atoms with Gasteiger partial charge in [0.05, 0.1) is 6.04 Å². The Morgan fingerprint density at radius 1 is 1.25 bits per heavy atom. The molecule has 0 saturated heterocycles. The van der Waals surface area contributed by atoms with E-state index in [9.17, 15) is 4.79 Å². The highest BCUT2D eigenvalue weighted by molar-refractivity contribution is 5.81. The smallest absolute Gasteiger partial charge is 0.223 e. The highest BCUT2D eigenvalue weighted by atomic mass is 16.2. The van der Waals surface area contributed by atoms with E-state index in [2.05, 4.69) is 60.3 Å². The van der Waals surface area contributed by atoms with Gasteiger partial charge >= 0.3 is 0 Å². The van der Waals surface area contributed by atoms with Crippen molar-refractivity contribution in [2.75, 3.05) is 13.1 Å². The third-order valence-corrected chi connectivity index (χ3v) is 5.82. The summed E-state index contributed by atoms with van der Waals surface area (Å²) in [5.74, 6) is 2.25. The maximum Gasteiger partial charge on any atom is 0.223 e. The normalized spacial score (nSPS) is 18.6. The van der Waals surface area contributed by atoms with Gasteiger partial charge in [-0.2, -0.15) is 0 Å². The first-order valence-electron chi connectivity index (χ1n) is 10.2. The van der Waals surface area contributed by atoms with Crippen molar-refractivity contribution in [3.8, 4) is 0 Å². The Kier molecular flexibility index (Phi) is 4.39. The molecule has 5 rings (SSSR count). The number of H-pyrrole nitrogens is 1. The summed E-state index contributed by atoms with van der Waals surface area (Å²) in [6.07, 6.45) is 2.90. The number of nitrogens with zero attached hydrogens (tertiary/aromatic N) is 4. The van der Waals surface area contributed by atoms with Gasteiger partial charge in [0.1, 0.15) is 5.82 Å². The fraction of sp³-hybridized carbons (Fsp3) is 0.476. The zero-order valence-corrected chi connectivity index (χ0v) is 16.2. The zero-order valence-electron chi connectivity index (χ0n) is 16.2. The molecule has 0 bridgehead atoms. The van der Waals surface area contributed by atoms with Gasteiger partial charge in [0.15, 0.2) is 5.82 Å². The number of aromatic amines is 1. The van der Waals surface area contributed by atoms with Gasteiger partial charge in [0.25, 0.3) is 0 Å². The Morgan fingerprint density at radius 3 is 2.93 bits per heavy atom. The second kappa shape index (κ2) is 7.05. The van der Waals surface area contributed by atoms with Crippen molar-refractivity contribution in [1.29, 1.82) is 0 Å². The second-order valence-electron chi connectivity index (χ2n) is 8.04. The lowest BCUT2D eigenvalue weighted by Crippen LogP contribution is -2.31. The maximum absolute atomic E-state index is 12.1. The van der Waals surface area contributed by atoms with Crippen LogP contribution in [-0.2, 0) is 24.3 Å². The Bertz CT molecular complexity index is 968. The minimum absolute atomic E-state index is 0.102. The van der Waals surface area contributed by atoms with Crippen molar-refractivity contribution in [3.05, 3.63) is 47.7 Å². The molecular weight excluding hydrogens is 352 g/mol. The minimum atomic E-state index is -0.102. The molecule has 7 nitrogen and oxygen atoms in total. The number of amides is 1. The van der Waals surface area contributed by atoms with Crippen LogP contribution in [-0.4, -0.2) is 43.6 Å². The third-order valence-electron chi connectivity index (χ3n) is 5.82. The molecule has 0 spiro atoms. The van der Waals surface area contributed by atoms with E-state index in [1.165, 1.54) is 16.6 Å². The summed E-state index contributed by atoms with van der Waals surface area (Å²) in [6.45, 7) is 5.65. The Balaban J connectivity index is 1.26. The summed E-state index contributed by atoms with van der Waals surface area (Å²) in [4.78, 5) is 18.1. The lowest BCUT2D eigenvalue weighted by Gasteiger charge is -2.19. The topological polar surface area (TPSA) is 78.8 Å². The van der Waals surface area contributed by atoms with Gasteiger partial charge in [-0.25, -0.2) is 0 Å². The molecule has 2 N–H and O–H groups in total. The van der Waals surface area contributed by atoms with Gasteiger partial charge < -0.3 is 14.9 Å². The molecule has 1 atom stereocenters. The lowest BCUT2D eigenvalue weighted by molar-refractivity contribution is -0.123. The van der Waals surface area contributed by atoms with Crippen LogP contribution in [0.25, 0.3) is 10.9 Å². The van der Waals surface area contributed by atoms with E-state index in [4.69, 9.17) is 0 Å². The molecule has 1 saturated carbocycles. The molecule has 1 aromatic carbocycles. The fourth-order valence-electron chi connectivity index (χ4n) is 4.07. The Labute approximate surface area is 164 Å². The predicted octanol–water partition coefficient (Wildman–Crippen LogP) is 2.40. The molecular formula is C21H26N6O. The number of aromatic nitrogens is 4. The number of para-hydroxylation sites is 1. The molecule has 1 aliphatic heterocycles. The first-order chi connectivity index (χ1) is 13.7. The fourth-order valence-corrected chi connectivity index (χ4v) is 4.07. The van der Waals surface area contributed by atoms with Crippen LogP contribution in [0, 0.1) is 5.92 Å². The summed E-state index contributed by atoms with van der Waals surface area (Å²) < 4.78 is 2.20. The molecule has 1 aliphatic carbocycles. The van der Waals surface area contributed by atoms with Gasteiger partial charge in [-0.15, -0.1) is 10.2 Å². The predicted molar refractivity (Wildman–Crippen MR) is 107 cm³/mol. The van der Waals surface area contributed by atoms with E-state index in [0.717, 1.165) is 57.1 Å². The number of hydrogen-bond donors (Lipinski definition) is 2. The zero-order chi connectivity index (χ0) is 19.1. The van der Waals surface area contributed by atoms with Crippen molar-refractivity contribution >= 4 is 16.8 Å². The molecule has 1 amide bonds.